The van der Waals surface area contributed by atoms with E-state index < -0.39 is 0 Å². The number of aromatic nitrogens is 2. The summed E-state index contributed by atoms with van der Waals surface area (Å²) in [4.78, 5) is 16.8. The van der Waals surface area contributed by atoms with E-state index in [0.29, 0.717) is 18.6 Å². The average Bonchev–Trinajstić information content (AvgIpc) is 3.10. The van der Waals surface area contributed by atoms with Gasteiger partial charge in [0, 0.05) is 18.3 Å². The van der Waals surface area contributed by atoms with Crippen LogP contribution in [0.5, 0.6) is 0 Å². The van der Waals surface area contributed by atoms with Gasteiger partial charge in [-0.15, -0.1) is 0 Å². The molecule has 1 aromatic rings. The van der Waals surface area contributed by atoms with Crippen molar-refractivity contribution in [1.29, 1.82) is 0 Å². The molecule has 2 fully saturated rings. The summed E-state index contributed by atoms with van der Waals surface area (Å²) in [6, 6.07) is 3.05. The SMILES string of the molecule is Cc1cc(C)n(C[C@@H]2CCCN2C(=O)CN(C)C2CC2)n1. The van der Waals surface area contributed by atoms with E-state index in [0.717, 1.165) is 31.6 Å². The van der Waals surface area contributed by atoms with Crippen LogP contribution in [-0.2, 0) is 11.3 Å². The molecule has 2 aliphatic rings. The van der Waals surface area contributed by atoms with Gasteiger partial charge in [0.1, 0.15) is 0 Å². The van der Waals surface area contributed by atoms with E-state index in [-0.39, 0.29) is 5.91 Å². The molecule has 21 heavy (non-hydrogen) atoms. The Balaban J connectivity index is 1.61. The van der Waals surface area contributed by atoms with Gasteiger partial charge in [-0.05, 0) is 52.6 Å². The lowest BCUT2D eigenvalue weighted by molar-refractivity contribution is -0.133. The molecule has 0 N–H and O–H groups in total. The molecule has 1 amide bonds. The molecule has 0 spiro atoms. The molecule has 2 heterocycles. The minimum absolute atomic E-state index is 0.286. The summed E-state index contributed by atoms with van der Waals surface area (Å²) < 4.78 is 2.05. The first-order valence-electron chi connectivity index (χ1n) is 8.05. The fourth-order valence-corrected chi connectivity index (χ4v) is 3.36. The van der Waals surface area contributed by atoms with E-state index in [1.807, 2.05) is 6.92 Å². The van der Waals surface area contributed by atoms with E-state index >= 15 is 0 Å². The monoisotopic (exact) mass is 290 g/mol. The van der Waals surface area contributed by atoms with Crippen molar-refractivity contribution in [3.05, 3.63) is 17.5 Å². The van der Waals surface area contributed by atoms with Crippen molar-refractivity contribution in [2.24, 2.45) is 0 Å². The smallest absolute Gasteiger partial charge is 0.237 e. The number of aryl methyl sites for hydroxylation is 2. The van der Waals surface area contributed by atoms with Crippen LogP contribution in [0.1, 0.15) is 37.1 Å². The molecule has 3 rings (SSSR count). The molecule has 1 aliphatic carbocycles. The molecule has 1 saturated carbocycles. The van der Waals surface area contributed by atoms with Gasteiger partial charge < -0.3 is 4.90 Å². The molecule has 5 nitrogen and oxygen atoms in total. The van der Waals surface area contributed by atoms with Crippen molar-refractivity contribution in [2.75, 3.05) is 20.1 Å². The van der Waals surface area contributed by atoms with Crippen LogP contribution < -0.4 is 0 Å². The van der Waals surface area contributed by atoms with Gasteiger partial charge in [-0.3, -0.25) is 14.4 Å². The second-order valence-electron chi connectivity index (χ2n) is 6.64. The number of carbonyl (C=O) groups is 1. The largest absolute Gasteiger partial charge is 0.337 e. The number of likely N-dealkylation sites (N-methyl/N-ethyl adjacent to an activating group) is 1. The van der Waals surface area contributed by atoms with Crippen molar-refractivity contribution in [3.8, 4) is 0 Å². The number of rotatable bonds is 5. The van der Waals surface area contributed by atoms with Crippen molar-refractivity contribution in [2.45, 2.75) is 58.2 Å². The molecule has 0 unspecified atom stereocenters. The Morgan fingerprint density at radius 3 is 2.76 bits per heavy atom. The van der Waals surface area contributed by atoms with Gasteiger partial charge in [0.05, 0.1) is 24.8 Å². The van der Waals surface area contributed by atoms with Gasteiger partial charge >= 0.3 is 0 Å². The van der Waals surface area contributed by atoms with Crippen LogP contribution in [0, 0.1) is 13.8 Å². The van der Waals surface area contributed by atoms with Gasteiger partial charge in [-0.25, -0.2) is 0 Å². The first-order valence-corrected chi connectivity index (χ1v) is 8.05. The van der Waals surface area contributed by atoms with E-state index in [4.69, 9.17) is 0 Å². The summed E-state index contributed by atoms with van der Waals surface area (Å²) >= 11 is 0. The highest BCUT2D eigenvalue weighted by Gasteiger charge is 2.33. The Morgan fingerprint density at radius 2 is 2.14 bits per heavy atom. The lowest BCUT2D eigenvalue weighted by atomic mass is 10.2. The predicted molar refractivity (Wildman–Crippen MR) is 82.1 cm³/mol. The highest BCUT2D eigenvalue weighted by molar-refractivity contribution is 5.79. The number of carbonyl (C=O) groups excluding carboxylic acids is 1. The van der Waals surface area contributed by atoms with Gasteiger partial charge in [-0.2, -0.15) is 5.10 Å². The summed E-state index contributed by atoms with van der Waals surface area (Å²) in [6.45, 7) is 6.41. The molecule has 1 saturated heterocycles. The predicted octanol–water partition coefficient (Wildman–Crippen LogP) is 1.59. The number of hydrogen-bond acceptors (Lipinski definition) is 3. The van der Waals surface area contributed by atoms with Crippen molar-refractivity contribution in [3.63, 3.8) is 0 Å². The Bertz CT molecular complexity index is 520. The number of hydrogen-bond donors (Lipinski definition) is 0. The molecular formula is C16H26N4O. The van der Waals surface area contributed by atoms with E-state index in [1.54, 1.807) is 0 Å². The Morgan fingerprint density at radius 1 is 1.38 bits per heavy atom. The van der Waals surface area contributed by atoms with Crippen LogP contribution in [0.3, 0.4) is 0 Å². The summed E-state index contributed by atoms with van der Waals surface area (Å²) in [5, 5.41) is 4.53. The maximum absolute atomic E-state index is 12.5. The van der Waals surface area contributed by atoms with E-state index in [2.05, 4.69) is 39.6 Å². The Kier molecular flexibility index (Phi) is 4.02. The number of amides is 1. The lowest BCUT2D eigenvalue weighted by Crippen LogP contribution is -2.43. The van der Waals surface area contributed by atoms with Crippen LogP contribution in [-0.4, -0.2) is 57.7 Å². The van der Waals surface area contributed by atoms with Crippen molar-refractivity contribution in [1.82, 2.24) is 19.6 Å². The molecular weight excluding hydrogens is 264 g/mol. The topological polar surface area (TPSA) is 41.4 Å². The quantitative estimate of drug-likeness (QED) is 0.827. The second kappa shape index (κ2) is 5.79. The Labute approximate surface area is 126 Å². The van der Waals surface area contributed by atoms with Gasteiger partial charge in [0.15, 0.2) is 0 Å². The fourth-order valence-electron chi connectivity index (χ4n) is 3.36. The lowest BCUT2D eigenvalue weighted by Gasteiger charge is -2.27. The van der Waals surface area contributed by atoms with E-state index in [9.17, 15) is 4.79 Å². The molecule has 116 valence electrons. The summed E-state index contributed by atoms with van der Waals surface area (Å²) in [5.41, 5.74) is 2.23. The third-order valence-electron chi connectivity index (χ3n) is 4.74. The Hall–Kier alpha value is -1.36. The number of nitrogens with zero attached hydrogens (tertiary/aromatic N) is 4. The molecule has 5 heteroatoms. The first kappa shape index (κ1) is 14.6. The minimum Gasteiger partial charge on any atom is -0.337 e. The average molecular weight is 290 g/mol. The van der Waals surface area contributed by atoms with Crippen molar-refractivity contribution < 1.29 is 4.79 Å². The summed E-state index contributed by atoms with van der Waals surface area (Å²) in [7, 11) is 2.07. The summed E-state index contributed by atoms with van der Waals surface area (Å²) in [5.74, 6) is 0.286. The highest BCUT2D eigenvalue weighted by Crippen LogP contribution is 2.26. The van der Waals surface area contributed by atoms with Crippen LogP contribution in [0.4, 0.5) is 0 Å². The number of likely N-dealkylation sites (tertiary alicyclic amines) is 1. The van der Waals surface area contributed by atoms with Gasteiger partial charge in [0.2, 0.25) is 5.91 Å². The van der Waals surface area contributed by atoms with Crippen LogP contribution >= 0.6 is 0 Å². The van der Waals surface area contributed by atoms with Crippen molar-refractivity contribution >= 4 is 5.91 Å². The summed E-state index contributed by atoms with van der Waals surface area (Å²) in [6.07, 6.45) is 4.71. The molecule has 0 aromatic carbocycles. The highest BCUT2D eigenvalue weighted by atomic mass is 16.2. The third kappa shape index (κ3) is 3.28. The molecule has 0 radical (unpaired) electrons. The minimum atomic E-state index is 0.286. The zero-order valence-corrected chi connectivity index (χ0v) is 13.4. The van der Waals surface area contributed by atoms with Gasteiger partial charge in [-0.1, -0.05) is 0 Å². The second-order valence-corrected chi connectivity index (χ2v) is 6.64. The third-order valence-corrected chi connectivity index (χ3v) is 4.74. The van der Waals surface area contributed by atoms with E-state index in [1.165, 1.54) is 18.5 Å². The van der Waals surface area contributed by atoms with Crippen LogP contribution in [0.25, 0.3) is 0 Å². The standard InChI is InChI=1S/C16H26N4O/c1-12-9-13(2)20(17-12)10-15-5-4-8-19(15)16(21)11-18(3)14-6-7-14/h9,14-15H,4-8,10-11H2,1-3H3/t15-/m0/s1. The molecule has 1 aromatic heterocycles. The zero-order chi connectivity index (χ0) is 15.0. The molecule has 1 atom stereocenters. The van der Waals surface area contributed by atoms with Gasteiger partial charge in [0.25, 0.3) is 0 Å². The molecule has 0 bridgehead atoms. The molecule has 1 aliphatic heterocycles. The maximum atomic E-state index is 12.5. The fraction of sp³-hybridized carbons (Fsp3) is 0.750. The zero-order valence-electron chi connectivity index (χ0n) is 13.4. The normalized spacial score (nSPS) is 22.3. The first-order chi connectivity index (χ1) is 10.0. The maximum Gasteiger partial charge on any atom is 0.237 e. The van der Waals surface area contributed by atoms with Crippen LogP contribution in [0.15, 0.2) is 6.07 Å². The van der Waals surface area contributed by atoms with Crippen LogP contribution in [0.2, 0.25) is 0 Å².